The topological polar surface area (TPSA) is 330 Å². The molecule has 2 fully saturated rings. The Balaban J connectivity index is 0.000000255. The molecule has 0 aliphatic carbocycles. The van der Waals surface area contributed by atoms with E-state index in [-0.39, 0.29) is 34.8 Å². The van der Waals surface area contributed by atoms with Crippen LogP contribution >= 0.6 is 0 Å². The Labute approximate surface area is 403 Å². The lowest BCUT2D eigenvalue weighted by atomic mass is 9.93. The van der Waals surface area contributed by atoms with Crippen LogP contribution in [0.4, 0.5) is 19.8 Å². The number of nitrogens with zero attached hydrogens (tertiary/aromatic N) is 12. The zero-order valence-corrected chi connectivity index (χ0v) is 42.8. The molecule has 24 nitrogen and oxygen atoms in total. The molecule has 4 aromatic heterocycles. The molecule has 2 saturated heterocycles. The molecule has 0 saturated carbocycles. The van der Waals surface area contributed by atoms with Crippen LogP contribution in [-0.4, -0.2) is 125 Å². The number of pyridine rings is 2. The van der Waals surface area contributed by atoms with Gasteiger partial charge < -0.3 is 30.3 Å². The number of ether oxygens (including phenoxy) is 2. The fourth-order valence-electron chi connectivity index (χ4n) is 7.95. The molecule has 7 N–H and O–H groups in total. The zero-order valence-electron chi connectivity index (χ0n) is 41.2. The lowest BCUT2D eigenvalue weighted by molar-refractivity contribution is 0.0118. The molecule has 6 rings (SSSR count). The average Bonchev–Trinajstić information content (AvgIpc) is 4.01. The van der Waals surface area contributed by atoms with Gasteiger partial charge in [0, 0.05) is 37.3 Å². The molecule has 384 valence electrons. The molecule has 0 bridgehead atoms. The van der Waals surface area contributed by atoms with Gasteiger partial charge in [-0.25, -0.2) is 56.0 Å². The summed E-state index contributed by atoms with van der Waals surface area (Å²) in [6, 6.07) is 7.91. The van der Waals surface area contributed by atoms with E-state index in [2.05, 4.69) is 79.2 Å². The second-order valence-electron chi connectivity index (χ2n) is 20.2. The van der Waals surface area contributed by atoms with Gasteiger partial charge in [-0.05, 0) is 165 Å². The van der Waals surface area contributed by atoms with Gasteiger partial charge in [-0.2, -0.15) is 4.39 Å². The van der Waals surface area contributed by atoms with Gasteiger partial charge in [-0.3, -0.25) is 0 Å². The van der Waals surface area contributed by atoms with Crippen LogP contribution in [0.5, 0.6) is 0 Å². The van der Waals surface area contributed by atoms with Gasteiger partial charge in [0.25, 0.3) is 20.0 Å². The molecular weight excluding hydrogens is 940 g/mol. The number of primary sulfonamides is 2. The van der Waals surface area contributed by atoms with E-state index in [1.54, 1.807) is 21.5 Å². The predicted molar refractivity (Wildman–Crippen MR) is 251 cm³/mol. The van der Waals surface area contributed by atoms with Crippen LogP contribution in [0, 0.1) is 17.8 Å². The fraction of sp³-hybridized carbons (Fsp3) is 0.667. The standard InChI is InChI=1S/C21H34N8O4S.C16H30N6O2.C5H5FN2O2S/c1-20(2,3)33-19(30)28-14-15(12-21(28,4)5)8-7-11-29-17(25-26-27-29)13-23-16-9-6-10-18(24-16)34(22,31)32;1-15(2,3)24-14(23)21-11-12(9-16(21,4)5)7-6-8-22-13(10-17)18-19-20-22;6-4-2-1-3-5(8-4)11(7,9)10/h6,9-10,15H,7-8,11-14H2,1-5H3,(H,23,24)(H2,22,31,32);12H,6-11,17H2,1-5H3;1-3H,(H2,7,9,10)/t15-;12-;/m00./s1. The summed E-state index contributed by atoms with van der Waals surface area (Å²) in [5.74, 6) is 1.63. The summed E-state index contributed by atoms with van der Waals surface area (Å²) in [6.45, 7) is 23.0. The molecule has 27 heteroatoms. The van der Waals surface area contributed by atoms with Gasteiger partial charge in [-0.1, -0.05) is 12.1 Å². The largest absolute Gasteiger partial charge is 0.444 e. The summed E-state index contributed by atoms with van der Waals surface area (Å²) in [6.07, 6.45) is 5.14. The van der Waals surface area contributed by atoms with Crippen molar-refractivity contribution >= 4 is 38.1 Å². The Morgan fingerprint density at radius 3 is 1.58 bits per heavy atom. The highest BCUT2D eigenvalue weighted by Crippen LogP contribution is 2.37. The first-order valence-electron chi connectivity index (χ1n) is 22.5. The second kappa shape index (κ2) is 22.9. The number of nitrogens with one attached hydrogen (secondary N) is 1. The number of nitrogens with two attached hydrogens (primary N) is 3. The first kappa shape index (κ1) is 56.1. The molecule has 2 aliphatic heterocycles. The number of hydrogen-bond donors (Lipinski definition) is 4. The van der Waals surface area contributed by atoms with Crippen molar-refractivity contribution in [1.82, 2.24) is 60.2 Å². The van der Waals surface area contributed by atoms with Gasteiger partial charge in [0.1, 0.15) is 17.0 Å². The quantitative estimate of drug-likeness (QED) is 0.130. The summed E-state index contributed by atoms with van der Waals surface area (Å²) < 4.78 is 70.9. The van der Waals surface area contributed by atoms with Crippen molar-refractivity contribution in [2.75, 3.05) is 18.4 Å². The molecule has 4 aromatic rings. The minimum atomic E-state index is -3.88. The molecule has 0 unspecified atom stereocenters. The molecule has 6 heterocycles. The number of likely N-dealkylation sites (tertiary alicyclic amines) is 2. The lowest BCUT2D eigenvalue weighted by Crippen LogP contribution is -2.45. The smallest absolute Gasteiger partial charge is 0.410 e. The third kappa shape index (κ3) is 17.8. The number of halogens is 1. The number of tetrazole rings is 2. The van der Waals surface area contributed by atoms with Crippen molar-refractivity contribution in [3.8, 4) is 0 Å². The number of aryl methyl sites for hydroxylation is 2. The molecule has 0 radical (unpaired) electrons. The lowest BCUT2D eigenvalue weighted by Gasteiger charge is -2.33. The number of hydrogen-bond acceptors (Lipinski definition) is 18. The van der Waals surface area contributed by atoms with Gasteiger partial charge in [0.15, 0.2) is 21.7 Å². The minimum Gasteiger partial charge on any atom is -0.444 e. The third-order valence-corrected chi connectivity index (χ3v) is 12.6. The van der Waals surface area contributed by atoms with Crippen LogP contribution in [0.1, 0.15) is 119 Å². The molecule has 69 heavy (non-hydrogen) atoms. The molecule has 0 aromatic carbocycles. The van der Waals surface area contributed by atoms with Gasteiger partial charge >= 0.3 is 12.2 Å². The number of anilines is 1. The van der Waals surface area contributed by atoms with E-state index < -0.39 is 42.2 Å². The maximum absolute atomic E-state index is 12.6. The zero-order chi connectivity index (χ0) is 51.6. The number of sulfonamides is 2. The maximum Gasteiger partial charge on any atom is 0.410 e. The van der Waals surface area contributed by atoms with Crippen molar-refractivity contribution in [2.45, 2.75) is 166 Å². The Hall–Kier alpha value is -5.51. The van der Waals surface area contributed by atoms with E-state index in [0.29, 0.717) is 48.9 Å². The first-order chi connectivity index (χ1) is 31.9. The number of carbonyl (C=O) groups is 2. The van der Waals surface area contributed by atoms with Gasteiger partial charge in [0.05, 0.1) is 13.1 Å². The summed E-state index contributed by atoms with van der Waals surface area (Å²) >= 11 is 0. The van der Waals surface area contributed by atoms with E-state index in [9.17, 15) is 30.8 Å². The minimum absolute atomic E-state index is 0.176. The van der Waals surface area contributed by atoms with Crippen LogP contribution < -0.4 is 21.3 Å². The molecule has 2 atom stereocenters. The number of amides is 2. The predicted octanol–water partition coefficient (Wildman–Crippen LogP) is 3.96. The number of rotatable bonds is 14. The Bertz CT molecular complexity index is 2560. The molecular formula is C42H69FN16O8S2. The SMILES string of the molecule is CC(C)(C)OC(=O)N1C[C@@H](CCCn2nnnc2CN)CC1(C)C.CC(C)(C)OC(=O)N1C[C@@H](CCCn2nnnc2CNc2cccc(S(N)(=O)=O)n2)CC1(C)C.NS(=O)(=O)c1cccc(F)n1. The van der Waals surface area contributed by atoms with Crippen LogP contribution in [0.2, 0.25) is 0 Å². The Kier molecular flexibility index (Phi) is 18.6. The van der Waals surface area contributed by atoms with Crippen molar-refractivity contribution < 1.29 is 40.3 Å². The van der Waals surface area contributed by atoms with E-state index in [1.807, 2.05) is 51.3 Å². The summed E-state index contributed by atoms with van der Waals surface area (Å²) in [7, 11) is -7.76. The van der Waals surface area contributed by atoms with Crippen LogP contribution in [0.25, 0.3) is 0 Å². The van der Waals surface area contributed by atoms with E-state index in [1.165, 1.54) is 12.1 Å². The molecule has 0 spiro atoms. The highest BCUT2D eigenvalue weighted by molar-refractivity contribution is 7.89. The second-order valence-corrected chi connectivity index (χ2v) is 23.2. The maximum atomic E-state index is 12.6. The van der Waals surface area contributed by atoms with E-state index in [4.69, 9.17) is 20.3 Å². The summed E-state index contributed by atoms with van der Waals surface area (Å²) in [5, 5.41) is 35.5. The first-order valence-corrected chi connectivity index (χ1v) is 25.6. The fourth-order valence-corrected chi connectivity index (χ4v) is 8.93. The number of aromatic nitrogens is 10. The van der Waals surface area contributed by atoms with Crippen molar-refractivity contribution in [1.29, 1.82) is 0 Å². The summed E-state index contributed by atoms with van der Waals surface area (Å²) in [4.78, 5) is 35.8. The van der Waals surface area contributed by atoms with E-state index in [0.717, 1.165) is 63.7 Å². The van der Waals surface area contributed by atoms with Gasteiger partial charge in [-0.15, -0.1) is 10.2 Å². The van der Waals surface area contributed by atoms with Crippen molar-refractivity contribution in [3.63, 3.8) is 0 Å². The van der Waals surface area contributed by atoms with Crippen LogP contribution in [0.15, 0.2) is 46.5 Å². The number of carbonyl (C=O) groups excluding carboxylic acids is 2. The van der Waals surface area contributed by atoms with Gasteiger partial charge in [0.2, 0.25) is 5.95 Å². The highest BCUT2D eigenvalue weighted by Gasteiger charge is 2.44. The Morgan fingerprint density at radius 2 is 1.16 bits per heavy atom. The van der Waals surface area contributed by atoms with Crippen molar-refractivity contribution in [3.05, 3.63) is 54.0 Å². The van der Waals surface area contributed by atoms with Crippen LogP contribution in [-0.2, 0) is 55.7 Å². The Morgan fingerprint density at radius 1 is 0.725 bits per heavy atom. The third-order valence-electron chi connectivity index (χ3n) is 10.9. The molecule has 2 aliphatic rings. The molecule has 2 amide bonds. The summed E-state index contributed by atoms with van der Waals surface area (Å²) in [5.41, 5.74) is 4.18. The van der Waals surface area contributed by atoms with Crippen molar-refractivity contribution in [2.24, 2.45) is 27.8 Å². The average molecular weight is 1010 g/mol. The monoisotopic (exact) mass is 1010 g/mol. The highest BCUT2D eigenvalue weighted by atomic mass is 32.2. The normalized spacial score (nSPS) is 17.9. The van der Waals surface area contributed by atoms with E-state index >= 15 is 0 Å². The van der Waals surface area contributed by atoms with Crippen LogP contribution in [0.3, 0.4) is 0 Å².